The summed E-state index contributed by atoms with van der Waals surface area (Å²) in [5.41, 5.74) is 0. The van der Waals surface area contributed by atoms with Crippen LogP contribution in [0, 0.1) is 0 Å². The van der Waals surface area contributed by atoms with Crippen molar-refractivity contribution in [1.82, 2.24) is 0 Å². The van der Waals surface area contributed by atoms with Crippen molar-refractivity contribution in [2.24, 2.45) is 0 Å². The van der Waals surface area contributed by atoms with Crippen LogP contribution in [0.5, 0.6) is 0 Å². The van der Waals surface area contributed by atoms with Gasteiger partial charge in [0, 0.05) is 7.11 Å². The lowest BCUT2D eigenvalue weighted by molar-refractivity contribution is -0.0716. The van der Waals surface area contributed by atoms with E-state index in [1.54, 1.807) is 19.3 Å². The summed E-state index contributed by atoms with van der Waals surface area (Å²) in [4.78, 5) is 0. The molecule has 4 heteroatoms. The topological polar surface area (TPSA) is 18.5 Å². The third-order valence-electron chi connectivity index (χ3n) is 2.24. The molecule has 0 amide bonds. The zero-order valence-electron chi connectivity index (χ0n) is 8.30. The van der Waals surface area contributed by atoms with E-state index in [-0.39, 0.29) is 23.0 Å². The summed E-state index contributed by atoms with van der Waals surface area (Å²) in [6, 6.07) is 0. The number of rotatable bonds is 4. The molecule has 2 unspecified atom stereocenters. The van der Waals surface area contributed by atoms with Gasteiger partial charge in [-0.2, -0.15) is 0 Å². The number of allylic oxidation sites excluding steroid dienone is 3. The molecule has 2 nitrogen and oxygen atoms in total. The first-order chi connectivity index (χ1) is 6.58. The molecule has 0 N–H and O–H groups in total. The number of methoxy groups -OCH3 is 1. The second kappa shape index (κ2) is 5.05. The van der Waals surface area contributed by atoms with Gasteiger partial charge in [0.05, 0.1) is 10.4 Å². The van der Waals surface area contributed by atoms with Crippen LogP contribution in [-0.4, -0.2) is 24.3 Å². The predicted octanol–water partition coefficient (Wildman–Crippen LogP) is 2.94. The van der Waals surface area contributed by atoms with E-state index < -0.39 is 0 Å². The molecule has 0 radical (unpaired) electrons. The van der Waals surface area contributed by atoms with Crippen LogP contribution in [0.4, 0.5) is 4.39 Å². The summed E-state index contributed by atoms with van der Waals surface area (Å²) < 4.78 is 22.6. The highest BCUT2D eigenvalue weighted by Gasteiger charge is 2.32. The van der Waals surface area contributed by atoms with Gasteiger partial charge in [-0.25, -0.2) is 4.39 Å². The van der Waals surface area contributed by atoms with Crippen molar-refractivity contribution >= 4 is 15.9 Å². The lowest BCUT2D eigenvalue weighted by Crippen LogP contribution is -2.35. The molecular weight excluding hydrogens is 251 g/mol. The Labute approximate surface area is 91.9 Å². The Kier molecular flexibility index (Phi) is 4.29. The Balaban J connectivity index is 2.54. The van der Waals surface area contributed by atoms with Gasteiger partial charge in [-0.1, -0.05) is 22.0 Å². The standard InChI is InChI=1S/C10H14BrFO2/c1-8(14-7-13-2)10(11)5-3-9(12)4-6-10/h3-5,8H,6-7H2,1-2H3. The molecule has 1 aliphatic carbocycles. The van der Waals surface area contributed by atoms with Gasteiger partial charge in [-0.15, -0.1) is 0 Å². The molecule has 0 saturated carbocycles. The Morgan fingerprint density at radius 3 is 2.93 bits per heavy atom. The van der Waals surface area contributed by atoms with Crippen molar-refractivity contribution in [3.63, 3.8) is 0 Å². The molecule has 0 fully saturated rings. The van der Waals surface area contributed by atoms with Crippen molar-refractivity contribution in [2.45, 2.75) is 23.8 Å². The molecular formula is C10H14BrFO2. The summed E-state index contributed by atoms with van der Waals surface area (Å²) in [7, 11) is 1.57. The third-order valence-corrected chi connectivity index (χ3v) is 3.47. The Morgan fingerprint density at radius 1 is 1.71 bits per heavy atom. The Morgan fingerprint density at radius 2 is 2.43 bits per heavy atom. The lowest BCUT2D eigenvalue weighted by Gasteiger charge is -2.31. The maximum Gasteiger partial charge on any atom is 0.146 e. The quantitative estimate of drug-likeness (QED) is 0.574. The van der Waals surface area contributed by atoms with Crippen LogP contribution in [0.15, 0.2) is 24.1 Å². The van der Waals surface area contributed by atoms with Gasteiger partial charge in [-0.05, 0) is 25.5 Å². The summed E-state index contributed by atoms with van der Waals surface area (Å²) >= 11 is 3.54. The monoisotopic (exact) mass is 264 g/mol. The summed E-state index contributed by atoms with van der Waals surface area (Å²) in [5, 5.41) is 0. The van der Waals surface area contributed by atoms with E-state index in [9.17, 15) is 4.39 Å². The van der Waals surface area contributed by atoms with Crippen molar-refractivity contribution in [1.29, 1.82) is 0 Å². The van der Waals surface area contributed by atoms with Gasteiger partial charge in [0.25, 0.3) is 0 Å². The molecule has 0 saturated heterocycles. The van der Waals surface area contributed by atoms with Crippen molar-refractivity contribution in [3.8, 4) is 0 Å². The van der Waals surface area contributed by atoms with Gasteiger partial charge >= 0.3 is 0 Å². The highest BCUT2D eigenvalue weighted by Crippen LogP contribution is 2.34. The summed E-state index contributed by atoms with van der Waals surface area (Å²) in [6.07, 6.45) is 5.29. The number of ether oxygens (including phenoxy) is 2. The van der Waals surface area contributed by atoms with Crippen LogP contribution < -0.4 is 0 Å². The lowest BCUT2D eigenvalue weighted by atomic mass is 9.95. The number of halogens is 2. The van der Waals surface area contributed by atoms with Crippen LogP contribution in [0.3, 0.4) is 0 Å². The van der Waals surface area contributed by atoms with E-state index >= 15 is 0 Å². The van der Waals surface area contributed by atoms with Crippen molar-refractivity contribution < 1.29 is 13.9 Å². The molecule has 0 heterocycles. The smallest absolute Gasteiger partial charge is 0.146 e. The molecule has 0 bridgehead atoms. The van der Waals surface area contributed by atoms with Gasteiger partial charge in [0.15, 0.2) is 0 Å². The number of alkyl halides is 1. The Bertz CT molecular complexity index is 253. The zero-order chi connectivity index (χ0) is 10.6. The molecule has 2 atom stereocenters. The average Bonchev–Trinajstić information content (AvgIpc) is 2.19. The predicted molar refractivity (Wildman–Crippen MR) is 57.0 cm³/mol. The van der Waals surface area contributed by atoms with Crippen LogP contribution in [0.2, 0.25) is 0 Å². The average molecular weight is 265 g/mol. The maximum absolute atomic E-state index is 12.7. The van der Waals surface area contributed by atoms with E-state index in [1.165, 1.54) is 6.08 Å². The second-order valence-corrected chi connectivity index (χ2v) is 4.75. The molecule has 1 aliphatic rings. The molecule has 0 aromatic carbocycles. The highest BCUT2D eigenvalue weighted by molar-refractivity contribution is 9.10. The normalized spacial score (nSPS) is 28.7. The molecule has 1 rings (SSSR count). The van der Waals surface area contributed by atoms with E-state index in [2.05, 4.69) is 15.9 Å². The molecule has 0 spiro atoms. The van der Waals surface area contributed by atoms with E-state index in [1.807, 2.05) is 6.92 Å². The number of hydrogen-bond donors (Lipinski definition) is 0. The first kappa shape index (κ1) is 11.9. The zero-order valence-corrected chi connectivity index (χ0v) is 9.88. The van der Waals surface area contributed by atoms with Crippen LogP contribution >= 0.6 is 15.9 Å². The minimum Gasteiger partial charge on any atom is -0.359 e. The molecule has 0 aromatic rings. The minimum atomic E-state index is -0.318. The molecule has 0 aromatic heterocycles. The van der Waals surface area contributed by atoms with E-state index in [0.29, 0.717) is 6.42 Å². The third kappa shape index (κ3) is 2.90. The van der Waals surface area contributed by atoms with Crippen molar-refractivity contribution in [2.75, 3.05) is 13.9 Å². The first-order valence-corrected chi connectivity index (χ1v) is 5.22. The van der Waals surface area contributed by atoms with Gasteiger partial charge in [0.1, 0.15) is 12.6 Å². The Hall–Kier alpha value is -0.190. The fourth-order valence-corrected chi connectivity index (χ4v) is 1.64. The highest BCUT2D eigenvalue weighted by atomic mass is 79.9. The van der Waals surface area contributed by atoms with Gasteiger partial charge in [0.2, 0.25) is 0 Å². The summed E-state index contributed by atoms with van der Waals surface area (Å²) in [6.45, 7) is 2.17. The van der Waals surface area contributed by atoms with E-state index in [4.69, 9.17) is 9.47 Å². The maximum atomic E-state index is 12.7. The fourth-order valence-electron chi connectivity index (χ4n) is 1.22. The summed E-state index contributed by atoms with van der Waals surface area (Å²) in [5.74, 6) is -0.195. The van der Waals surface area contributed by atoms with Gasteiger partial charge < -0.3 is 9.47 Å². The van der Waals surface area contributed by atoms with Crippen LogP contribution in [0.1, 0.15) is 13.3 Å². The second-order valence-electron chi connectivity index (χ2n) is 3.27. The largest absolute Gasteiger partial charge is 0.359 e. The van der Waals surface area contributed by atoms with Crippen LogP contribution in [-0.2, 0) is 9.47 Å². The molecule has 80 valence electrons. The van der Waals surface area contributed by atoms with Gasteiger partial charge in [-0.3, -0.25) is 0 Å². The fraction of sp³-hybridized carbons (Fsp3) is 0.600. The van der Waals surface area contributed by atoms with Crippen molar-refractivity contribution in [3.05, 3.63) is 24.1 Å². The molecule has 0 aliphatic heterocycles. The first-order valence-electron chi connectivity index (χ1n) is 4.43. The SMILES string of the molecule is COCOC(C)C1(Br)C=CC(F)=CC1. The van der Waals surface area contributed by atoms with Crippen LogP contribution in [0.25, 0.3) is 0 Å². The minimum absolute atomic E-state index is 0.0666. The number of hydrogen-bond acceptors (Lipinski definition) is 2. The van der Waals surface area contributed by atoms with E-state index in [0.717, 1.165) is 0 Å². The molecule has 14 heavy (non-hydrogen) atoms.